The van der Waals surface area contributed by atoms with E-state index in [0.717, 1.165) is 11.1 Å². The second kappa shape index (κ2) is 8.77. The maximum absolute atomic E-state index is 12.2. The highest BCUT2D eigenvalue weighted by atomic mass is 35.5. The molecule has 0 saturated carbocycles. The number of nitrogens with zero attached hydrogens (tertiary/aromatic N) is 1. The second-order valence-corrected chi connectivity index (χ2v) is 6.72. The van der Waals surface area contributed by atoms with Gasteiger partial charge in [0.25, 0.3) is 0 Å². The molecule has 0 radical (unpaired) electrons. The van der Waals surface area contributed by atoms with Gasteiger partial charge >= 0.3 is 0 Å². The van der Waals surface area contributed by atoms with Crippen LogP contribution in [0.3, 0.4) is 0 Å². The number of ether oxygens (including phenoxy) is 2. The van der Waals surface area contributed by atoms with Gasteiger partial charge in [0.2, 0.25) is 18.6 Å². The average molecular weight is 389 g/mol. The molecule has 2 amide bonds. The minimum atomic E-state index is -0.214. The maximum Gasteiger partial charge on any atom is 0.239 e. The van der Waals surface area contributed by atoms with Crippen LogP contribution < -0.4 is 14.8 Å². The standard InChI is InChI=1S/C20H21ClN2O4/c1-14(24)23(8-7-15-3-2-4-17(21)9-15)12-20(25)22-11-16-5-6-18-19(10-16)27-13-26-18/h2-6,9-10H,7-8,11-13H2,1H3,(H,22,25). The summed E-state index contributed by atoms with van der Waals surface area (Å²) in [6.07, 6.45) is 0.635. The zero-order chi connectivity index (χ0) is 19.2. The van der Waals surface area contributed by atoms with Crippen molar-refractivity contribution >= 4 is 23.4 Å². The van der Waals surface area contributed by atoms with Crippen LogP contribution in [-0.2, 0) is 22.6 Å². The second-order valence-electron chi connectivity index (χ2n) is 6.28. The van der Waals surface area contributed by atoms with Crippen LogP contribution >= 0.6 is 11.6 Å². The first-order chi connectivity index (χ1) is 13.0. The van der Waals surface area contributed by atoms with E-state index in [2.05, 4.69) is 5.32 Å². The molecule has 0 spiro atoms. The van der Waals surface area contributed by atoms with Crippen LogP contribution in [0.1, 0.15) is 18.1 Å². The van der Waals surface area contributed by atoms with Crippen LogP contribution in [-0.4, -0.2) is 36.6 Å². The predicted molar refractivity (Wildman–Crippen MR) is 102 cm³/mol. The number of halogens is 1. The Kier molecular flexibility index (Phi) is 6.19. The van der Waals surface area contributed by atoms with Gasteiger partial charge in [-0.1, -0.05) is 29.8 Å². The lowest BCUT2D eigenvalue weighted by atomic mass is 10.1. The summed E-state index contributed by atoms with van der Waals surface area (Å²) < 4.78 is 10.6. The fourth-order valence-electron chi connectivity index (χ4n) is 2.79. The van der Waals surface area contributed by atoms with Gasteiger partial charge < -0.3 is 19.7 Å². The fourth-order valence-corrected chi connectivity index (χ4v) is 3.00. The first-order valence-electron chi connectivity index (χ1n) is 8.66. The fraction of sp³-hybridized carbons (Fsp3) is 0.300. The van der Waals surface area contributed by atoms with Gasteiger partial charge in [0, 0.05) is 25.0 Å². The molecule has 3 rings (SSSR count). The molecule has 1 aliphatic heterocycles. The molecule has 0 bridgehead atoms. The highest BCUT2D eigenvalue weighted by Gasteiger charge is 2.15. The molecule has 1 heterocycles. The van der Waals surface area contributed by atoms with Gasteiger partial charge in [-0.3, -0.25) is 9.59 Å². The molecule has 0 atom stereocenters. The molecule has 142 valence electrons. The number of hydrogen-bond donors (Lipinski definition) is 1. The Morgan fingerprint density at radius 3 is 2.70 bits per heavy atom. The van der Waals surface area contributed by atoms with Crippen LogP contribution in [0.5, 0.6) is 11.5 Å². The number of carbonyl (C=O) groups excluding carboxylic acids is 2. The van der Waals surface area contributed by atoms with Crippen LogP contribution in [0, 0.1) is 0 Å². The zero-order valence-corrected chi connectivity index (χ0v) is 15.8. The van der Waals surface area contributed by atoms with Gasteiger partial charge in [0.05, 0.1) is 6.54 Å². The number of nitrogens with one attached hydrogen (secondary N) is 1. The van der Waals surface area contributed by atoms with E-state index in [0.29, 0.717) is 36.0 Å². The lowest BCUT2D eigenvalue weighted by molar-refractivity contribution is -0.134. The SMILES string of the molecule is CC(=O)N(CCc1cccc(Cl)c1)CC(=O)NCc1ccc2c(c1)OCO2. The van der Waals surface area contributed by atoms with Crippen molar-refractivity contribution in [3.8, 4) is 11.5 Å². The molecule has 0 unspecified atom stereocenters. The summed E-state index contributed by atoms with van der Waals surface area (Å²) in [6.45, 7) is 2.50. The summed E-state index contributed by atoms with van der Waals surface area (Å²) >= 11 is 5.98. The van der Waals surface area contributed by atoms with E-state index in [9.17, 15) is 9.59 Å². The van der Waals surface area contributed by atoms with Crippen LogP contribution in [0.4, 0.5) is 0 Å². The molecule has 0 aliphatic carbocycles. The first-order valence-corrected chi connectivity index (χ1v) is 9.04. The first kappa shape index (κ1) is 19.0. The van der Waals surface area contributed by atoms with E-state index >= 15 is 0 Å². The monoisotopic (exact) mass is 388 g/mol. The molecule has 0 fully saturated rings. The van der Waals surface area contributed by atoms with Crippen molar-refractivity contribution in [3.63, 3.8) is 0 Å². The normalized spacial score (nSPS) is 11.9. The van der Waals surface area contributed by atoms with Gasteiger partial charge in [-0.15, -0.1) is 0 Å². The summed E-state index contributed by atoms with van der Waals surface area (Å²) in [5.41, 5.74) is 1.93. The summed E-state index contributed by atoms with van der Waals surface area (Å²) in [4.78, 5) is 25.6. The molecule has 27 heavy (non-hydrogen) atoms. The Bertz CT molecular complexity index is 840. The van der Waals surface area contributed by atoms with E-state index in [1.807, 2.05) is 36.4 Å². The highest BCUT2D eigenvalue weighted by Crippen LogP contribution is 2.32. The lowest BCUT2D eigenvalue weighted by Gasteiger charge is -2.20. The van der Waals surface area contributed by atoms with E-state index in [-0.39, 0.29) is 25.2 Å². The van der Waals surface area contributed by atoms with Crippen molar-refractivity contribution in [2.45, 2.75) is 19.9 Å². The molecule has 7 heteroatoms. The van der Waals surface area contributed by atoms with Crippen molar-refractivity contribution in [1.29, 1.82) is 0 Å². The smallest absolute Gasteiger partial charge is 0.239 e. The minimum absolute atomic E-state index is 0.0143. The van der Waals surface area contributed by atoms with E-state index in [4.69, 9.17) is 21.1 Å². The Morgan fingerprint density at radius 2 is 1.93 bits per heavy atom. The summed E-state index contributed by atoms with van der Waals surface area (Å²) in [5, 5.41) is 3.49. The maximum atomic E-state index is 12.2. The quantitative estimate of drug-likeness (QED) is 0.792. The number of fused-ring (bicyclic) bond motifs is 1. The van der Waals surface area contributed by atoms with Crippen molar-refractivity contribution < 1.29 is 19.1 Å². The largest absolute Gasteiger partial charge is 0.454 e. The van der Waals surface area contributed by atoms with Gasteiger partial charge in [0.1, 0.15) is 0 Å². The Hall–Kier alpha value is -2.73. The molecule has 1 N–H and O–H groups in total. The van der Waals surface area contributed by atoms with Crippen molar-refractivity contribution in [2.75, 3.05) is 19.9 Å². The summed E-state index contributed by atoms with van der Waals surface area (Å²) in [7, 11) is 0. The van der Waals surface area contributed by atoms with E-state index in [1.165, 1.54) is 11.8 Å². The van der Waals surface area contributed by atoms with Crippen LogP contribution in [0.15, 0.2) is 42.5 Å². The molecule has 2 aromatic rings. The zero-order valence-electron chi connectivity index (χ0n) is 15.0. The molecular weight excluding hydrogens is 368 g/mol. The van der Waals surface area contributed by atoms with Crippen molar-refractivity contribution in [1.82, 2.24) is 10.2 Å². The molecule has 0 aromatic heterocycles. The van der Waals surface area contributed by atoms with Crippen LogP contribution in [0.2, 0.25) is 5.02 Å². The van der Waals surface area contributed by atoms with Crippen molar-refractivity contribution in [3.05, 3.63) is 58.6 Å². The Balaban J connectivity index is 1.50. The molecule has 0 saturated heterocycles. The summed E-state index contributed by atoms with van der Waals surface area (Å²) in [6, 6.07) is 13.0. The average Bonchev–Trinajstić information content (AvgIpc) is 3.11. The number of hydrogen-bond acceptors (Lipinski definition) is 4. The predicted octanol–water partition coefficient (Wildman–Crippen LogP) is 2.78. The van der Waals surface area contributed by atoms with Gasteiger partial charge in [-0.25, -0.2) is 0 Å². The Morgan fingerprint density at radius 1 is 1.11 bits per heavy atom. The van der Waals surface area contributed by atoms with E-state index < -0.39 is 0 Å². The van der Waals surface area contributed by atoms with Gasteiger partial charge in [-0.2, -0.15) is 0 Å². The third kappa shape index (κ3) is 5.37. The highest BCUT2D eigenvalue weighted by molar-refractivity contribution is 6.30. The van der Waals surface area contributed by atoms with Crippen LogP contribution in [0.25, 0.3) is 0 Å². The topological polar surface area (TPSA) is 67.9 Å². The third-order valence-electron chi connectivity index (χ3n) is 4.27. The summed E-state index contributed by atoms with van der Waals surface area (Å²) in [5.74, 6) is 1.02. The number of benzene rings is 2. The van der Waals surface area contributed by atoms with Crippen molar-refractivity contribution in [2.24, 2.45) is 0 Å². The number of amides is 2. The molecular formula is C20H21ClN2O4. The van der Waals surface area contributed by atoms with Gasteiger partial charge in [-0.05, 0) is 41.8 Å². The third-order valence-corrected chi connectivity index (χ3v) is 4.50. The van der Waals surface area contributed by atoms with E-state index in [1.54, 1.807) is 6.07 Å². The molecule has 2 aromatic carbocycles. The molecule has 6 nitrogen and oxygen atoms in total. The number of rotatable bonds is 7. The minimum Gasteiger partial charge on any atom is -0.454 e. The van der Waals surface area contributed by atoms with Gasteiger partial charge in [0.15, 0.2) is 11.5 Å². The lowest BCUT2D eigenvalue weighted by Crippen LogP contribution is -2.40. The molecule has 1 aliphatic rings. The Labute approximate surface area is 163 Å². The number of carbonyl (C=O) groups is 2.